The Balaban J connectivity index is 1.50. The number of nitrogens with zero attached hydrogens (tertiary/aromatic N) is 2. The first-order valence-electron chi connectivity index (χ1n) is 9.04. The fraction of sp³-hybridized carbons (Fsp3) is 0.0909. The molecule has 146 valence electrons. The van der Waals surface area contributed by atoms with Gasteiger partial charge < -0.3 is 5.32 Å². The van der Waals surface area contributed by atoms with Gasteiger partial charge in [-0.05, 0) is 30.5 Å². The van der Waals surface area contributed by atoms with Crippen LogP contribution < -0.4 is 10.6 Å². The number of carbonyl (C=O) groups is 1. The molecule has 1 aromatic heterocycles. The Morgan fingerprint density at radius 3 is 2.45 bits per heavy atom. The number of anilines is 2. The second-order valence-electron chi connectivity index (χ2n) is 6.63. The highest BCUT2D eigenvalue weighted by Crippen LogP contribution is 2.26. The fourth-order valence-electron chi connectivity index (χ4n) is 3.17. The largest absolute Gasteiger partial charge is 0.324 e. The highest BCUT2D eigenvalue weighted by molar-refractivity contribution is 6.36. The van der Waals surface area contributed by atoms with Gasteiger partial charge in [0.25, 0.3) is 0 Å². The normalized spacial score (nSPS) is 10.9. The van der Waals surface area contributed by atoms with Gasteiger partial charge in [-0.1, -0.05) is 65.7 Å². The molecule has 0 saturated carbocycles. The summed E-state index contributed by atoms with van der Waals surface area (Å²) in [6.07, 6.45) is 0. The lowest BCUT2D eigenvalue weighted by Gasteiger charge is -2.09. The van der Waals surface area contributed by atoms with Crippen LogP contribution >= 0.6 is 23.2 Å². The summed E-state index contributed by atoms with van der Waals surface area (Å²) in [6, 6.07) is 20.5. The van der Waals surface area contributed by atoms with E-state index < -0.39 is 0 Å². The van der Waals surface area contributed by atoms with Crippen LogP contribution in [-0.2, 0) is 6.54 Å². The molecule has 5 nitrogen and oxygen atoms in total. The van der Waals surface area contributed by atoms with Crippen LogP contribution in [0.1, 0.15) is 11.3 Å². The lowest BCUT2D eigenvalue weighted by atomic mass is 10.1. The summed E-state index contributed by atoms with van der Waals surface area (Å²) in [5.41, 5.74) is 2.40. The minimum Gasteiger partial charge on any atom is -0.307 e. The summed E-state index contributed by atoms with van der Waals surface area (Å²) >= 11 is 12.5. The zero-order chi connectivity index (χ0) is 20.4. The van der Waals surface area contributed by atoms with Gasteiger partial charge in [-0.2, -0.15) is 5.10 Å². The van der Waals surface area contributed by atoms with Gasteiger partial charge >= 0.3 is 6.03 Å². The van der Waals surface area contributed by atoms with Gasteiger partial charge in [0.05, 0.1) is 12.2 Å². The van der Waals surface area contributed by atoms with Crippen LogP contribution in [0.4, 0.5) is 16.3 Å². The highest BCUT2D eigenvalue weighted by atomic mass is 35.5. The third-order valence-electron chi connectivity index (χ3n) is 4.63. The van der Waals surface area contributed by atoms with E-state index in [2.05, 4.69) is 15.7 Å². The molecule has 0 unspecified atom stereocenters. The van der Waals surface area contributed by atoms with Crippen molar-refractivity contribution in [2.45, 2.75) is 13.5 Å². The SMILES string of the molecule is Cc1cc(NC(=O)Nc2cccc3ccccc23)nn1Cc1c(Cl)cccc1Cl. The third kappa shape index (κ3) is 4.21. The van der Waals surface area contributed by atoms with Crippen LogP contribution in [0.3, 0.4) is 0 Å². The number of aromatic nitrogens is 2. The number of aryl methyl sites for hydroxylation is 1. The molecule has 0 bridgehead atoms. The number of benzene rings is 3. The molecular weight excluding hydrogens is 407 g/mol. The smallest absolute Gasteiger partial charge is 0.307 e. The van der Waals surface area contributed by atoms with E-state index in [0.717, 1.165) is 27.7 Å². The van der Waals surface area contributed by atoms with Crippen molar-refractivity contribution in [3.8, 4) is 0 Å². The highest BCUT2D eigenvalue weighted by Gasteiger charge is 2.12. The van der Waals surface area contributed by atoms with E-state index in [0.29, 0.717) is 22.4 Å². The Kier molecular flexibility index (Phi) is 5.43. The maximum atomic E-state index is 12.5. The van der Waals surface area contributed by atoms with Crippen LogP contribution in [0, 0.1) is 6.92 Å². The first kappa shape index (κ1) is 19.3. The molecule has 2 amide bonds. The number of fused-ring (bicyclic) bond motifs is 1. The number of hydrogen-bond acceptors (Lipinski definition) is 2. The molecule has 0 radical (unpaired) electrons. The van der Waals surface area contributed by atoms with Crippen LogP contribution in [-0.4, -0.2) is 15.8 Å². The molecule has 0 fully saturated rings. The van der Waals surface area contributed by atoms with Crippen LogP contribution in [0.2, 0.25) is 10.0 Å². The van der Waals surface area contributed by atoms with Crippen molar-refractivity contribution in [2.24, 2.45) is 0 Å². The van der Waals surface area contributed by atoms with E-state index >= 15 is 0 Å². The van der Waals surface area contributed by atoms with Crippen molar-refractivity contribution < 1.29 is 4.79 Å². The van der Waals surface area contributed by atoms with Gasteiger partial charge in [0.2, 0.25) is 0 Å². The van der Waals surface area contributed by atoms with E-state index in [9.17, 15) is 4.79 Å². The van der Waals surface area contributed by atoms with Gasteiger partial charge in [0.15, 0.2) is 5.82 Å². The van der Waals surface area contributed by atoms with Crippen molar-refractivity contribution in [2.75, 3.05) is 10.6 Å². The minimum absolute atomic E-state index is 0.359. The molecule has 0 atom stereocenters. The Hall–Kier alpha value is -3.02. The van der Waals surface area contributed by atoms with Crippen LogP contribution in [0.25, 0.3) is 10.8 Å². The van der Waals surface area contributed by atoms with E-state index in [1.165, 1.54) is 0 Å². The average Bonchev–Trinajstić information content (AvgIpc) is 3.04. The predicted octanol–water partition coefficient (Wildman–Crippen LogP) is 6.34. The van der Waals surface area contributed by atoms with E-state index in [1.807, 2.05) is 49.4 Å². The molecule has 0 saturated heterocycles. The monoisotopic (exact) mass is 424 g/mol. The summed E-state index contributed by atoms with van der Waals surface area (Å²) < 4.78 is 1.75. The number of rotatable bonds is 4. The summed E-state index contributed by atoms with van der Waals surface area (Å²) in [4.78, 5) is 12.5. The standard InChI is InChI=1S/C22H18Cl2N4O/c1-14-12-21(27-28(14)13-17-18(23)9-5-10-19(17)24)26-22(29)25-20-11-4-7-15-6-2-3-8-16(15)20/h2-12H,13H2,1H3,(H2,25,26,27,29). The molecule has 2 N–H and O–H groups in total. The molecule has 0 aliphatic heterocycles. The Bertz CT molecular complexity index is 1180. The Morgan fingerprint density at radius 1 is 0.966 bits per heavy atom. The molecule has 29 heavy (non-hydrogen) atoms. The second kappa shape index (κ2) is 8.15. The number of nitrogens with one attached hydrogen (secondary N) is 2. The van der Waals surface area contributed by atoms with Crippen molar-refractivity contribution in [3.05, 3.63) is 88.0 Å². The summed E-state index contributed by atoms with van der Waals surface area (Å²) in [6.45, 7) is 2.32. The van der Waals surface area contributed by atoms with Gasteiger partial charge in [-0.25, -0.2) is 4.79 Å². The molecule has 0 aliphatic rings. The molecular formula is C22H18Cl2N4O. The lowest BCUT2D eigenvalue weighted by Crippen LogP contribution is -2.20. The molecule has 4 rings (SSSR count). The molecule has 0 aliphatic carbocycles. The molecule has 3 aromatic carbocycles. The Morgan fingerprint density at radius 2 is 1.66 bits per heavy atom. The first-order chi connectivity index (χ1) is 14.0. The van der Waals surface area contributed by atoms with Crippen molar-refractivity contribution in [1.82, 2.24) is 9.78 Å². The van der Waals surface area contributed by atoms with Crippen molar-refractivity contribution in [3.63, 3.8) is 0 Å². The molecule has 1 heterocycles. The predicted molar refractivity (Wildman–Crippen MR) is 119 cm³/mol. The number of urea groups is 1. The number of amides is 2. The second-order valence-corrected chi connectivity index (χ2v) is 7.45. The zero-order valence-corrected chi connectivity index (χ0v) is 17.1. The van der Waals surface area contributed by atoms with Gasteiger partial charge in [0.1, 0.15) is 0 Å². The fourth-order valence-corrected chi connectivity index (χ4v) is 3.69. The zero-order valence-electron chi connectivity index (χ0n) is 15.6. The molecule has 7 heteroatoms. The van der Waals surface area contributed by atoms with Crippen LogP contribution in [0.5, 0.6) is 0 Å². The minimum atomic E-state index is -0.359. The first-order valence-corrected chi connectivity index (χ1v) is 9.80. The van der Waals surface area contributed by atoms with E-state index in [-0.39, 0.29) is 6.03 Å². The maximum Gasteiger partial charge on any atom is 0.324 e. The van der Waals surface area contributed by atoms with E-state index in [1.54, 1.807) is 28.9 Å². The van der Waals surface area contributed by atoms with Crippen molar-refractivity contribution >= 4 is 51.5 Å². The van der Waals surface area contributed by atoms with Gasteiger partial charge in [-0.15, -0.1) is 0 Å². The molecule has 0 spiro atoms. The lowest BCUT2D eigenvalue weighted by molar-refractivity contribution is 0.262. The number of hydrogen-bond donors (Lipinski definition) is 2. The topological polar surface area (TPSA) is 59.0 Å². The van der Waals surface area contributed by atoms with Crippen LogP contribution in [0.15, 0.2) is 66.7 Å². The van der Waals surface area contributed by atoms with E-state index in [4.69, 9.17) is 23.2 Å². The summed E-state index contributed by atoms with van der Waals surface area (Å²) in [7, 11) is 0. The van der Waals surface area contributed by atoms with Crippen molar-refractivity contribution in [1.29, 1.82) is 0 Å². The maximum absolute atomic E-state index is 12.5. The Labute approximate surface area is 178 Å². The number of carbonyl (C=O) groups excluding carboxylic acids is 1. The van der Waals surface area contributed by atoms with Gasteiger partial charge in [-0.3, -0.25) is 10.00 Å². The van der Waals surface area contributed by atoms with Gasteiger partial charge in [0, 0.05) is 32.8 Å². The number of halogens is 2. The quantitative estimate of drug-likeness (QED) is 0.401. The summed E-state index contributed by atoms with van der Waals surface area (Å²) in [5, 5.41) is 13.3. The summed E-state index contributed by atoms with van der Waals surface area (Å²) in [5.74, 6) is 0.448. The third-order valence-corrected chi connectivity index (χ3v) is 5.34. The average molecular weight is 425 g/mol. The molecule has 4 aromatic rings.